The first-order valence-corrected chi connectivity index (χ1v) is 9.15. The Balaban J connectivity index is 1.68. The van der Waals surface area contributed by atoms with Gasteiger partial charge < -0.3 is 34.6 Å². The van der Waals surface area contributed by atoms with Gasteiger partial charge in [-0.1, -0.05) is 18.2 Å². The number of hydrogen-bond acceptors (Lipinski definition) is 8. The molecule has 5 atom stereocenters. The van der Waals surface area contributed by atoms with E-state index < -0.39 is 43.1 Å². The summed E-state index contributed by atoms with van der Waals surface area (Å²) in [6.07, 6.45) is -6.03. The zero-order valence-electron chi connectivity index (χ0n) is 15.8. The molecule has 1 fully saturated rings. The zero-order chi connectivity index (χ0) is 21.0. The fourth-order valence-electron chi connectivity index (χ4n) is 3.21. The molecule has 0 spiro atoms. The van der Waals surface area contributed by atoms with Gasteiger partial charge in [-0.05, 0) is 41.5 Å². The lowest BCUT2D eigenvalue weighted by Crippen LogP contribution is -2.55. The van der Waals surface area contributed by atoms with Crippen LogP contribution in [0.25, 0.3) is 0 Å². The number of rotatable bonds is 6. The van der Waals surface area contributed by atoms with Crippen molar-refractivity contribution in [2.24, 2.45) is 0 Å². The van der Waals surface area contributed by atoms with Gasteiger partial charge in [0.15, 0.2) is 0 Å². The van der Waals surface area contributed by atoms with Crippen molar-refractivity contribution in [1.29, 1.82) is 0 Å². The third-order valence-electron chi connectivity index (χ3n) is 4.85. The van der Waals surface area contributed by atoms with E-state index in [4.69, 9.17) is 9.47 Å². The van der Waals surface area contributed by atoms with Gasteiger partial charge in [-0.3, -0.25) is 0 Å². The molecular weight excluding hydrogens is 380 g/mol. The van der Waals surface area contributed by atoms with Crippen molar-refractivity contribution in [2.45, 2.75) is 37.1 Å². The Morgan fingerprint density at radius 2 is 1.76 bits per heavy atom. The number of methoxy groups -OCH3 is 1. The van der Waals surface area contributed by atoms with Gasteiger partial charge in [0, 0.05) is 0 Å². The first-order valence-electron chi connectivity index (χ1n) is 9.15. The summed E-state index contributed by atoms with van der Waals surface area (Å²) in [7, 11) is 1.31. The number of carbonyl (C=O) groups is 1. The van der Waals surface area contributed by atoms with E-state index in [1.807, 2.05) is 6.07 Å². The summed E-state index contributed by atoms with van der Waals surface area (Å²) in [4.78, 5) is 11.5. The Morgan fingerprint density at radius 1 is 1.03 bits per heavy atom. The van der Waals surface area contributed by atoms with E-state index in [1.165, 1.54) is 7.11 Å². The van der Waals surface area contributed by atoms with E-state index in [0.717, 1.165) is 5.56 Å². The third kappa shape index (κ3) is 4.75. The number of benzene rings is 2. The van der Waals surface area contributed by atoms with Crippen molar-refractivity contribution >= 4 is 5.97 Å². The average molecular weight is 404 g/mol. The van der Waals surface area contributed by atoms with Crippen molar-refractivity contribution in [2.75, 3.05) is 13.7 Å². The molecule has 1 saturated heterocycles. The summed E-state index contributed by atoms with van der Waals surface area (Å²) in [5.41, 5.74) is 1.80. The summed E-state index contributed by atoms with van der Waals surface area (Å²) in [5.74, 6) is 0.139. The van der Waals surface area contributed by atoms with Gasteiger partial charge in [0.25, 0.3) is 0 Å². The van der Waals surface area contributed by atoms with Crippen LogP contribution in [-0.2, 0) is 16.1 Å². The van der Waals surface area contributed by atoms with Gasteiger partial charge in [0.05, 0.1) is 19.3 Å². The normalized spacial score (nSPS) is 26.7. The fourth-order valence-corrected chi connectivity index (χ4v) is 3.21. The molecule has 0 radical (unpaired) electrons. The number of aliphatic hydroxyl groups excluding tert-OH is 4. The minimum atomic E-state index is -1.43. The predicted molar refractivity (Wildman–Crippen MR) is 101 cm³/mol. The van der Waals surface area contributed by atoms with Crippen LogP contribution in [0.5, 0.6) is 5.75 Å². The molecule has 4 N–H and O–H groups in total. The predicted octanol–water partition coefficient (Wildman–Crippen LogP) is 0.567. The van der Waals surface area contributed by atoms with Crippen LogP contribution in [0.1, 0.15) is 27.6 Å². The van der Waals surface area contributed by atoms with Crippen molar-refractivity contribution < 1.29 is 39.4 Å². The molecule has 1 aliphatic heterocycles. The van der Waals surface area contributed by atoms with Crippen LogP contribution >= 0.6 is 0 Å². The molecule has 0 unspecified atom stereocenters. The fraction of sp³-hybridized carbons (Fsp3) is 0.381. The summed E-state index contributed by atoms with van der Waals surface area (Å²) in [5, 5.41) is 39.5. The Morgan fingerprint density at radius 3 is 2.41 bits per heavy atom. The Bertz CT molecular complexity index is 820. The van der Waals surface area contributed by atoms with Gasteiger partial charge in [0.2, 0.25) is 0 Å². The highest BCUT2D eigenvalue weighted by Crippen LogP contribution is 2.32. The molecule has 8 nitrogen and oxygen atoms in total. The number of aliphatic hydroxyl groups is 4. The van der Waals surface area contributed by atoms with Crippen LogP contribution in [-0.4, -0.2) is 64.5 Å². The largest absolute Gasteiger partial charge is 0.489 e. The van der Waals surface area contributed by atoms with Gasteiger partial charge in [-0.25, -0.2) is 4.79 Å². The molecule has 0 amide bonds. The van der Waals surface area contributed by atoms with Crippen molar-refractivity contribution in [1.82, 2.24) is 0 Å². The number of carbonyl (C=O) groups excluding carboxylic acids is 1. The second kappa shape index (κ2) is 9.34. The monoisotopic (exact) mass is 404 g/mol. The molecule has 1 aliphatic rings. The molecule has 1 heterocycles. The Hall–Kier alpha value is -2.49. The summed E-state index contributed by atoms with van der Waals surface area (Å²) >= 11 is 0. The first-order chi connectivity index (χ1) is 13.9. The van der Waals surface area contributed by atoms with Gasteiger partial charge >= 0.3 is 5.97 Å². The molecule has 156 valence electrons. The summed E-state index contributed by atoms with van der Waals surface area (Å²) in [6.45, 7) is -0.255. The highest BCUT2D eigenvalue weighted by molar-refractivity contribution is 5.89. The molecular formula is C21H24O8. The molecule has 0 aliphatic carbocycles. The molecule has 2 aromatic carbocycles. The second-order valence-electron chi connectivity index (χ2n) is 6.80. The zero-order valence-corrected chi connectivity index (χ0v) is 15.8. The van der Waals surface area contributed by atoms with Crippen molar-refractivity contribution in [3.63, 3.8) is 0 Å². The topological polar surface area (TPSA) is 126 Å². The molecule has 2 aromatic rings. The second-order valence-corrected chi connectivity index (χ2v) is 6.80. The Labute approximate surface area is 167 Å². The lowest BCUT2D eigenvalue weighted by molar-refractivity contribution is -0.231. The molecule has 0 bridgehead atoms. The summed E-state index contributed by atoms with van der Waals surface area (Å²) in [6, 6.07) is 13.6. The van der Waals surface area contributed by atoms with Crippen LogP contribution in [0.2, 0.25) is 0 Å². The van der Waals surface area contributed by atoms with E-state index in [1.54, 1.807) is 42.5 Å². The molecule has 29 heavy (non-hydrogen) atoms. The molecule has 8 heteroatoms. The van der Waals surface area contributed by atoms with E-state index in [2.05, 4.69) is 4.74 Å². The van der Waals surface area contributed by atoms with Gasteiger partial charge in [-0.2, -0.15) is 0 Å². The smallest absolute Gasteiger partial charge is 0.337 e. The maximum absolute atomic E-state index is 11.5. The number of esters is 1. The van der Waals surface area contributed by atoms with Crippen LogP contribution < -0.4 is 4.74 Å². The minimum absolute atomic E-state index is 0.225. The lowest BCUT2D eigenvalue weighted by Gasteiger charge is -2.40. The van der Waals surface area contributed by atoms with Gasteiger partial charge in [-0.15, -0.1) is 0 Å². The van der Waals surface area contributed by atoms with Crippen molar-refractivity contribution in [3.8, 4) is 5.75 Å². The van der Waals surface area contributed by atoms with Crippen LogP contribution in [0, 0.1) is 0 Å². The SMILES string of the molecule is COC(=O)c1ccc(OCc2cccc([C@H]3O[C@H](CO)[C@@H](O)[C@H](O)[C@H]3O)c2)cc1. The maximum atomic E-state index is 11.5. The Kier molecular flexibility index (Phi) is 6.83. The lowest BCUT2D eigenvalue weighted by atomic mass is 9.91. The minimum Gasteiger partial charge on any atom is -0.489 e. The number of hydrogen-bond donors (Lipinski definition) is 4. The number of ether oxygens (including phenoxy) is 3. The van der Waals surface area contributed by atoms with E-state index >= 15 is 0 Å². The van der Waals surface area contributed by atoms with E-state index in [0.29, 0.717) is 16.9 Å². The van der Waals surface area contributed by atoms with Crippen LogP contribution in [0.3, 0.4) is 0 Å². The summed E-state index contributed by atoms with van der Waals surface area (Å²) < 4.78 is 16.0. The van der Waals surface area contributed by atoms with Crippen LogP contribution in [0.15, 0.2) is 48.5 Å². The molecule has 0 saturated carbocycles. The average Bonchev–Trinajstić information content (AvgIpc) is 2.76. The third-order valence-corrected chi connectivity index (χ3v) is 4.85. The van der Waals surface area contributed by atoms with Crippen molar-refractivity contribution in [3.05, 3.63) is 65.2 Å². The highest BCUT2D eigenvalue weighted by Gasteiger charge is 2.43. The standard InChI is InChI=1S/C21H24O8/c1-27-21(26)13-5-7-15(8-6-13)28-11-12-3-2-4-14(9-12)20-19(25)18(24)17(23)16(10-22)29-20/h2-9,16-20,22-25H,10-11H2,1H3/t16-,17-,18+,19-,20-/m1/s1. The molecule has 0 aromatic heterocycles. The quantitative estimate of drug-likeness (QED) is 0.515. The van der Waals surface area contributed by atoms with E-state index in [-0.39, 0.29) is 6.61 Å². The molecule has 3 rings (SSSR count). The maximum Gasteiger partial charge on any atom is 0.337 e. The van der Waals surface area contributed by atoms with Crippen LogP contribution in [0.4, 0.5) is 0 Å². The van der Waals surface area contributed by atoms with E-state index in [9.17, 15) is 25.2 Å². The first kappa shape index (κ1) is 21.2. The highest BCUT2D eigenvalue weighted by atomic mass is 16.5. The van der Waals surface area contributed by atoms with Gasteiger partial charge in [0.1, 0.15) is 42.9 Å².